The van der Waals surface area contributed by atoms with Crippen LogP contribution in [0.4, 0.5) is 0 Å². The van der Waals surface area contributed by atoms with E-state index in [2.05, 4.69) is 9.30 Å². The Bertz CT molecular complexity index is 842. The fourth-order valence-electron chi connectivity index (χ4n) is 2.85. The van der Waals surface area contributed by atoms with Gasteiger partial charge in [0.05, 0.1) is 12.7 Å². The third kappa shape index (κ3) is 3.28. The number of rotatable bonds is 4. The number of benzene rings is 2. The SMILES string of the molecule is COC1=C(c2ccc(Oc3ccccc3)cc2)C2=NSCCN2C=C1. The first-order valence-corrected chi connectivity index (χ1v) is 9.06. The number of methoxy groups -OCH3 is 1. The Labute approximate surface area is 151 Å². The van der Waals surface area contributed by atoms with Crippen molar-refractivity contribution in [2.45, 2.75) is 0 Å². The van der Waals surface area contributed by atoms with Crippen LogP contribution in [-0.2, 0) is 4.74 Å². The van der Waals surface area contributed by atoms with Gasteiger partial charge in [-0.15, -0.1) is 0 Å². The van der Waals surface area contributed by atoms with Crippen molar-refractivity contribution in [2.75, 3.05) is 19.4 Å². The molecule has 0 saturated heterocycles. The Morgan fingerprint density at radius 3 is 2.52 bits per heavy atom. The zero-order chi connectivity index (χ0) is 17.1. The van der Waals surface area contributed by atoms with Gasteiger partial charge in [-0.25, -0.2) is 0 Å². The van der Waals surface area contributed by atoms with Crippen molar-refractivity contribution in [2.24, 2.45) is 4.40 Å². The van der Waals surface area contributed by atoms with Gasteiger partial charge in [-0.1, -0.05) is 30.3 Å². The molecule has 0 saturated carbocycles. The van der Waals surface area contributed by atoms with E-state index in [9.17, 15) is 0 Å². The summed E-state index contributed by atoms with van der Waals surface area (Å²) in [5.41, 5.74) is 2.08. The third-order valence-electron chi connectivity index (χ3n) is 4.06. The first kappa shape index (κ1) is 15.8. The van der Waals surface area contributed by atoms with E-state index in [1.54, 1.807) is 19.1 Å². The second kappa shape index (κ2) is 7.07. The maximum atomic E-state index is 5.87. The van der Waals surface area contributed by atoms with Crippen LogP contribution in [0.15, 0.2) is 77.0 Å². The second-order valence-electron chi connectivity index (χ2n) is 5.64. The van der Waals surface area contributed by atoms with E-state index in [1.165, 1.54) is 0 Å². The molecule has 0 bridgehead atoms. The van der Waals surface area contributed by atoms with Crippen LogP contribution in [0.25, 0.3) is 5.57 Å². The van der Waals surface area contributed by atoms with E-state index in [-0.39, 0.29) is 0 Å². The average Bonchev–Trinajstić information content (AvgIpc) is 2.68. The van der Waals surface area contributed by atoms with Gasteiger partial charge in [-0.2, -0.15) is 4.40 Å². The maximum Gasteiger partial charge on any atom is 0.152 e. The van der Waals surface area contributed by atoms with Crippen LogP contribution in [0.5, 0.6) is 11.5 Å². The van der Waals surface area contributed by atoms with Crippen molar-refractivity contribution in [1.29, 1.82) is 0 Å². The van der Waals surface area contributed by atoms with Crippen LogP contribution in [0.2, 0.25) is 0 Å². The van der Waals surface area contributed by atoms with Gasteiger partial charge >= 0.3 is 0 Å². The molecule has 0 unspecified atom stereocenters. The summed E-state index contributed by atoms with van der Waals surface area (Å²) in [5.74, 6) is 4.40. The lowest BCUT2D eigenvalue weighted by Gasteiger charge is -2.30. The molecule has 2 aromatic carbocycles. The number of hydrogen-bond donors (Lipinski definition) is 0. The van der Waals surface area contributed by atoms with Crippen LogP contribution < -0.4 is 4.74 Å². The van der Waals surface area contributed by atoms with Crippen molar-refractivity contribution in [3.8, 4) is 11.5 Å². The highest BCUT2D eigenvalue weighted by molar-refractivity contribution is 7.98. The van der Waals surface area contributed by atoms with Gasteiger partial charge in [-0.05, 0) is 47.9 Å². The van der Waals surface area contributed by atoms with Crippen LogP contribution in [-0.4, -0.2) is 30.1 Å². The van der Waals surface area contributed by atoms with Crippen LogP contribution in [0.3, 0.4) is 0 Å². The summed E-state index contributed by atoms with van der Waals surface area (Å²) in [4.78, 5) is 2.17. The molecule has 5 heteroatoms. The molecule has 2 aliphatic heterocycles. The van der Waals surface area contributed by atoms with E-state index in [1.807, 2.05) is 66.9 Å². The highest BCUT2D eigenvalue weighted by Gasteiger charge is 2.26. The molecule has 4 rings (SSSR count). The van der Waals surface area contributed by atoms with Crippen LogP contribution in [0.1, 0.15) is 5.56 Å². The van der Waals surface area contributed by atoms with Crippen molar-refractivity contribution in [3.05, 3.63) is 78.2 Å². The molecule has 0 amide bonds. The number of fused-ring (bicyclic) bond motifs is 1. The molecular formula is C20H18N2O2S. The predicted octanol–water partition coefficient (Wildman–Crippen LogP) is 4.73. The lowest BCUT2D eigenvalue weighted by molar-refractivity contribution is 0.307. The zero-order valence-electron chi connectivity index (χ0n) is 13.9. The minimum absolute atomic E-state index is 0.803. The molecule has 0 fully saturated rings. The average molecular weight is 350 g/mol. The van der Waals surface area contributed by atoms with Gasteiger partial charge in [0.25, 0.3) is 0 Å². The molecule has 4 nitrogen and oxygen atoms in total. The van der Waals surface area contributed by atoms with E-state index < -0.39 is 0 Å². The lowest BCUT2D eigenvalue weighted by Crippen LogP contribution is -2.34. The minimum atomic E-state index is 0.803. The summed E-state index contributed by atoms with van der Waals surface area (Å²) in [6, 6.07) is 17.8. The minimum Gasteiger partial charge on any atom is -0.496 e. The standard InChI is InChI=1S/C20H18N2O2S/c1-23-18-11-12-22-13-14-25-21-20(22)19(18)15-7-9-17(10-8-15)24-16-5-3-2-4-6-16/h2-12H,13-14H2,1H3. The Kier molecular flexibility index (Phi) is 4.48. The Hall–Kier alpha value is -2.66. The molecule has 25 heavy (non-hydrogen) atoms. The summed E-state index contributed by atoms with van der Waals surface area (Å²) >= 11 is 1.59. The fraction of sp³-hybridized carbons (Fsp3) is 0.150. The largest absolute Gasteiger partial charge is 0.496 e. The van der Waals surface area contributed by atoms with Crippen molar-refractivity contribution in [3.63, 3.8) is 0 Å². The molecule has 0 radical (unpaired) electrons. The molecule has 126 valence electrons. The van der Waals surface area contributed by atoms with Gasteiger partial charge in [-0.3, -0.25) is 0 Å². The first-order valence-electron chi connectivity index (χ1n) is 8.12. The molecule has 2 heterocycles. The number of allylic oxidation sites excluding steroid dienone is 1. The summed E-state index contributed by atoms with van der Waals surface area (Å²) < 4.78 is 16.1. The van der Waals surface area contributed by atoms with Crippen molar-refractivity contribution < 1.29 is 9.47 Å². The number of hydrogen-bond acceptors (Lipinski definition) is 5. The Balaban J connectivity index is 1.65. The Morgan fingerprint density at radius 2 is 1.76 bits per heavy atom. The number of amidine groups is 1. The van der Waals surface area contributed by atoms with Gasteiger partial charge < -0.3 is 14.4 Å². The van der Waals surface area contributed by atoms with Crippen molar-refractivity contribution in [1.82, 2.24) is 4.90 Å². The fourth-order valence-corrected chi connectivity index (χ4v) is 3.53. The van der Waals surface area contributed by atoms with E-state index in [0.29, 0.717) is 0 Å². The zero-order valence-corrected chi connectivity index (χ0v) is 14.7. The molecule has 0 spiro atoms. The predicted molar refractivity (Wildman–Crippen MR) is 103 cm³/mol. The smallest absolute Gasteiger partial charge is 0.152 e. The third-order valence-corrected chi connectivity index (χ3v) is 4.73. The molecular weight excluding hydrogens is 332 g/mol. The highest BCUT2D eigenvalue weighted by atomic mass is 32.2. The highest BCUT2D eigenvalue weighted by Crippen LogP contribution is 2.32. The molecule has 2 aromatic rings. The first-order chi connectivity index (χ1) is 12.3. The van der Waals surface area contributed by atoms with E-state index >= 15 is 0 Å². The normalized spacial score (nSPS) is 16.4. The molecule has 0 aliphatic carbocycles. The summed E-state index contributed by atoms with van der Waals surface area (Å²) in [5, 5.41) is 0. The number of nitrogens with zero attached hydrogens (tertiary/aromatic N) is 2. The quantitative estimate of drug-likeness (QED) is 0.747. The van der Waals surface area contributed by atoms with Gasteiger partial charge in [0, 0.05) is 18.5 Å². The maximum absolute atomic E-state index is 5.87. The van der Waals surface area contributed by atoms with Gasteiger partial charge in [0.15, 0.2) is 5.84 Å². The number of para-hydroxylation sites is 1. The monoisotopic (exact) mass is 350 g/mol. The molecule has 0 aromatic heterocycles. The Morgan fingerprint density at radius 1 is 1.00 bits per heavy atom. The summed E-state index contributed by atoms with van der Waals surface area (Å²) in [6.07, 6.45) is 4.03. The van der Waals surface area contributed by atoms with Crippen molar-refractivity contribution >= 4 is 23.4 Å². The second-order valence-corrected chi connectivity index (χ2v) is 6.49. The lowest BCUT2D eigenvalue weighted by atomic mass is 10.0. The summed E-state index contributed by atoms with van der Waals surface area (Å²) in [6.45, 7) is 0.954. The van der Waals surface area contributed by atoms with Crippen LogP contribution in [0, 0.1) is 0 Å². The molecule has 0 N–H and O–H groups in total. The topological polar surface area (TPSA) is 34.1 Å². The van der Waals surface area contributed by atoms with Gasteiger partial charge in [0.2, 0.25) is 0 Å². The van der Waals surface area contributed by atoms with E-state index in [0.717, 1.165) is 46.5 Å². The molecule has 0 atom stereocenters. The summed E-state index contributed by atoms with van der Waals surface area (Å²) in [7, 11) is 1.69. The number of ether oxygens (including phenoxy) is 2. The van der Waals surface area contributed by atoms with Gasteiger partial charge in [0.1, 0.15) is 17.3 Å². The van der Waals surface area contributed by atoms with E-state index in [4.69, 9.17) is 9.47 Å². The molecule has 2 aliphatic rings. The van der Waals surface area contributed by atoms with Crippen LogP contribution >= 0.6 is 11.9 Å².